The number of hydrogen-bond donors (Lipinski definition) is 3. The topological polar surface area (TPSA) is 79.2 Å². The maximum Gasteiger partial charge on any atom is 0.186 e. The zero-order chi connectivity index (χ0) is 27.4. The van der Waals surface area contributed by atoms with Crippen molar-refractivity contribution < 1.29 is 24.8 Å². The molecule has 0 radical (unpaired) electrons. The monoisotopic (exact) mass is 532 g/mol. The Balaban J connectivity index is 1.24. The van der Waals surface area contributed by atoms with Crippen LogP contribution in [0.15, 0.2) is 11.6 Å². The second-order valence-electron chi connectivity index (χ2n) is 15.0. The Hall–Kier alpha value is -0.460. The lowest BCUT2D eigenvalue weighted by atomic mass is 9.47. The Morgan fingerprint density at radius 2 is 1.71 bits per heavy atom. The van der Waals surface area contributed by atoms with E-state index < -0.39 is 24.6 Å². The van der Waals surface area contributed by atoms with Crippen LogP contribution in [0.1, 0.15) is 106 Å². The van der Waals surface area contributed by atoms with E-state index in [2.05, 4.69) is 47.6 Å². The summed E-state index contributed by atoms with van der Waals surface area (Å²) in [4.78, 5) is 0. The average Bonchev–Trinajstić information content (AvgIpc) is 3.24. The Morgan fingerprint density at radius 1 is 0.947 bits per heavy atom. The van der Waals surface area contributed by atoms with Gasteiger partial charge in [-0.15, -0.1) is 0 Å². The van der Waals surface area contributed by atoms with Gasteiger partial charge in [-0.05, 0) is 104 Å². The van der Waals surface area contributed by atoms with Crippen molar-refractivity contribution in [3.05, 3.63) is 11.6 Å². The van der Waals surface area contributed by atoms with Crippen molar-refractivity contribution in [2.24, 2.45) is 52.3 Å². The van der Waals surface area contributed by atoms with E-state index in [1.165, 1.54) is 44.9 Å². The van der Waals surface area contributed by atoms with Gasteiger partial charge in [0.2, 0.25) is 0 Å². The van der Waals surface area contributed by atoms with Gasteiger partial charge >= 0.3 is 0 Å². The van der Waals surface area contributed by atoms with Crippen LogP contribution in [-0.2, 0) is 9.47 Å². The summed E-state index contributed by atoms with van der Waals surface area (Å²) in [5.74, 6) is 5.76. The third kappa shape index (κ3) is 5.06. The number of rotatable bonds is 7. The van der Waals surface area contributed by atoms with Gasteiger partial charge in [0.25, 0.3) is 0 Å². The van der Waals surface area contributed by atoms with Crippen LogP contribution in [0.3, 0.4) is 0 Å². The molecule has 0 bridgehead atoms. The summed E-state index contributed by atoms with van der Waals surface area (Å²) in [6.45, 7) is 14.9. The first kappa shape index (κ1) is 29.0. The molecule has 13 atom stereocenters. The molecule has 4 fully saturated rings. The van der Waals surface area contributed by atoms with Crippen LogP contribution in [-0.4, -0.2) is 52.6 Å². The highest BCUT2D eigenvalue weighted by Crippen LogP contribution is 2.67. The number of aliphatic hydroxyl groups excluding tert-OH is 3. The molecule has 0 aromatic heterocycles. The van der Waals surface area contributed by atoms with Crippen molar-refractivity contribution in [1.82, 2.24) is 0 Å². The van der Waals surface area contributed by atoms with Crippen molar-refractivity contribution in [2.75, 3.05) is 6.61 Å². The molecule has 0 spiro atoms. The van der Waals surface area contributed by atoms with Gasteiger partial charge in [0, 0.05) is 0 Å². The lowest BCUT2D eigenvalue weighted by Crippen LogP contribution is -2.55. The van der Waals surface area contributed by atoms with Crippen molar-refractivity contribution in [3.8, 4) is 0 Å². The lowest BCUT2D eigenvalue weighted by Gasteiger charge is -2.58. The minimum Gasteiger partial charge on any atom is -0.388 e. The second-order valence-corrected chi connectivity index (χ2v) is 15.0. The molecule has 3 saturated carbocycles. The molecule has 5 aliphatic rings. The van der Waals surface area contributed by atoms with Gasteiger partial charge in [-0.2, -0.15) is 0 Å². The summed E-state index contributed by atoms with van der Waals surface area (Å²) in [5, 5.41) is 30.2. The van der Waals surface area contributed by atoms with Crippen LogP contribution in [0.5, 0.6) is 0 Å². The van der Waals surface area contributed by atoms with E-state index in [-0.39, 0.29) is 18.1 Å². The molecule has 0 aromatic carbocycles. The molecule has 5 nitrogen and oxygen atoms in total. The highest BCUT2D eigenvalue weighted by atomic mass is 16.7. The first-order valence-electron chi connectivity index (χ1n) is 16.0. The Labute approximate surface area is 231 Å². The number of aliphatic hydroxyl groups is 3. The number of fused-ring (bicyclic) bond motifs is 5. The third-order valence-electron chi connectivity index (χ3n) is 12.8. The first-order chi connectivity index (χ1) is 18.0. The van der Waals surface area contributed by atoms with Crippen molar-refractivity contribution in [2.45, 2.75) is 136 Å². The quantitative estimate of drug-likeness (QED) is 0.345. The third-order valence-corrected chi connectivity index (χ3v) is 12.8. The zero-order valence-corrected chi connectivity index (χ0v) is 24.9. The minimum absolute atomic E-state index is 0.00367. The molecule has 1 aliphatic heterocycles. The standard InChI is InChI=1S/C33H56O5/c1-19(2)20(3)7-8-21(4)25-11-12-26-24-10-9-22-17-23(38-31-30(36)29(35)28(34)18-37-31)13-15-32(22,5)27(24)14-16-33(25,26)6/h9,19-21,23-31,34-36H,7-8,10-18H2,1-6H3. The Kier molecular flexibility index (Phi) is 8.47. The van der Waals surface area contributed by atoms with Crippen LogP contribution in [0.2, 0.25) is 0 Å². The van der Waals surface area contributed by atoms with Crippen LogP contribution in [0.25, 0.3) is 0 Å². The Morgan fingerprint density at radius 3 is 2.45 bits per heavy atom. The molecule has 0 amide bonds. The van der Waals surface area contributed by atoms with Gasteiger partial charge in [0.15, 0.2) is 6.29 Å². The zero-order valence-electron chi connectivity index (χ0n) is 24.9. The predicted molar refractivity (Wildman–Crippen MR) is 150 cm³/mol. The molecule has 3 N–H and O–H groups in total. The van der Waals surface area contributed by atoms with Crippen molar-refractivity contribution in [1.29, 1.82) is 0 Å². The van der Waals surface area contributed by atoms with Gasteiger partial charge in [-0.1, -0.05) is 66.0 Å². The second kappa shape index (κ2) is 11.1. The summed E-state index contributed by atoms with van der Waals surface area (Å²) in [6.07, 6.45) is 10.7. The van der Waals surface area contributed by atoms with Crippen molar-refractivity contribution >= 4 is 0 Å². The van der Waals surface area contributed by atoms with E-state index in [1.807, 2.05) is 0 Å². The van der Waals surface area contributed by atoms with Crippen LogP contribution in [0, 0.1) is 52.3 Å². The van der Waals surface area contributed by atoms with E-state index in [1.54, 1.807) is 5.57 Å². The molecule has 218 valence electrons. The molecule has 5 rings (SSSR count). The maximum absolute atomic E-state index is 10.4. The highest BCUT2D eigenvalue weighted by molar-refractivity contribution is 5.25. The summed E-state index contributed by atoms with van der Waals surface area (Å²) in [7, 11) is 0. The van der Waals surface area contributed by atoms with Gasteiger partial charge in [-0.25, -0.2) is 0 Å². The molecule has 38 heavy (non-hydrogen) atoms. The van der Waals surface area contributed by atoms with Gasteiger partial charge < -0.3 is 24.8 Å². The average molecular weight is 533 g/mol. The smallest absolute Gasteiger partial charge is 0.186 e. The lowest BCUT2D eigenvalue weighted by molar-refractivity contribution is -0.284. The molecular formula is C33H56O5. The molecule has 4 aliphatic carbocycles. The largest absolute Gasteiger partial charge is 0.388 e. The minimum atomic E-state index is -1.22. The molecule has 13 unspecified atom stereocenters. The predicted octanol–water partition coefficient (Wildman–Crippen LogP) is 6.10. The number of allylic oxidation sites excluding steroid dienone is 1. The van der Waals surface area contributed by atoms with Gasteiger partial charge in [0.05, 0.1) is 12.7 Å². The number of hydrogen-bond acceptors (Lipinski definition) is 5. The normalized spacial score (nSPS) is 48.6. The van der Waals surface area contributed by atoms with Crippen molar-refractivity contribution in [3.63, 3.8) is 0 Å². The van der Waals surface area contributed by atoms with Gasteiger partial charge in [-0.3, -0.25) is 0 Å². The first-order valence-corrected chi connectivity index (χ1v) is 16.0. The number of ether oxygens (including phenoxy) is 2. The molecule has 1 heterocycles. The van der Waals surface area contributed by atoms with Crippen LogP contribution in [0.4, 0.5) is 0 Å². The Bertz CT molecular complexity index is 856. The fraction of sp³-hybridized carbons (Fsp3) is 0.939. The van der Waals surface area contributed by atoms with E-state index in [9.17, 15) is 15.3 Å². The van der Waals surface area contributed by atoms with Crippen LogP contribution >= 0.6 is 0 Å². The molecule has 0 aromatic rings. The van der Waals surface area contributed by atoms with Gasteiger partial charge in [0.1, 0.15) is 18.3 Å². The summed E-state index contributed by atoms with van der Waals surface area (Å²) in [6, 6.07) is 0. The highest BCUT2D eigenvalue weighted by Gasteiger charge is 2.59. The fourth-order valence-electron chi connectivity index (χ4n) is 9.87. The van der Waals surface area contributed by atoms with Crippen LogP contribution < -0.4 is 0 Å². The van der Waals surface area contributed by atoms with E-state index in [0.29, 0.717) is 5.41 Å². The fourth-order valence-corrected chi connectivity index (χ4v) is 9.87. The van der Waals surface area contributed by atoms with E-state index in [0.717, 1.165) is 60.7 Å². The summed E-state index contributed by atoms with van der Waals surface area (Å²) in [5.41, 5.74) is 2.31. The maximum atomic E-state index is 10.4. The summed E-state index contributed by atoms with van der Waals surface area (Å²) >= 11 is 0. The molecule has 5 heteroatoms. The molecular weight excluding hydrogens is 476 g/mol. The van der Waals surface area contributed by atoms with E-state index >= 15 is 0 Å². The SMILES string of the molecule is CC(C)C(C)CCC(C)C1CCC2C3CC=C4CC(OC5OCC(O)C(O)C5O)CCC4(C)C3CCC12C. The molecule has 1 saturated heterocycles. The summed E-state index contributed by atoms with van der Waals surface area (Å²) < 4.78 is 11.7. The van der Waals surface area contributed by atoms with E-state index in [4.69, 9.17) is 9.47 Å².